The molecule has 1 aliphatic rings. The van der Waals surface area contributed by atoms with Crippen LogP contribution in [0.2, 0.25) is 0 Å². The number of aliphatic hydroxyl groups excluding tert-OH is 1. The Kier molecular flexibility index (Phi) is 4.06. The molecule has 0 fully saturated rings. The van der Waals surface area contributed by atoms with Gasteiger partial charge in [0.25, 0.3) is 5.91 Å². The van der Waals surface area contributed by atoms with Gasteiger partial charge in [-0.15, -0.1) is 0 Å². The summed E-state index contributed by atoms with van der Waals surface area (Å²) in [5.41, 5.74) is 2.04. The highest BCUT2D eigenvalue weighted by Gasteiger charge is 2.33. The van der Waals surface area contributed by atoms with Crippen molar-refractivity contribution in [1.29, 1.82) is 0 Å². The predicted molar refractivity (Wildman–Crippen MR) is 81.4 cm³/mol. The van der Waals surface area contributed by atoms with Crippen LogP contribution in [0.5, 0.6) is 5.75 Å². The first-order valence-electron chi connectivity index (χ1n) is 7.28. The number of amides is 1. The zero-order valence-corrected chi connectivity index (χ0v) is 12.3. The van der Waals surface area contributed by atoms with Gasteiger partial charge in [-0.3, -0.25) is 9.78 Å². The van der Waals surface area contributed by atoms with Crippen LogP contribution in [0.25, 0.3) is 0 Å². The maximum atomic E-state index is 12.3. The van der Waals surface area contributed by atoms with Crippen LogP contribution < -0.4 is 10.1 Å². The Balaban J connectivity index is 1.67. The van der Waals surface area contributed by atoms with Crippen LogP contribution in [-0.4, -0.2) is 28.2 Å². The molecule has 3 atom stereocenters. The van der Waals surface area contributed by atoms with Crippen molar-refractivity contribution in [3.05, 3.63) is 59.9 Å². The predicted octanol–water partition coefficient (Wildman–Crippen LogP) is 1.62. The monoisotopic (exact) mass is 298 g/mol. The lowest BCUT2D eigenvalue weighted by Gasteiger charge is -2.21. The van der Waals surface area contributed by atoms with Crippen LogP contribution in [0.1, 0.15) is 24.1 Å². The van der Waals surface area contributed by atoms with E-state index in [1.807, 2.05) is 24.3 Å². The molecule has 0 radical (unpaired) electrons. The van der Waals surface area contributed by atoms with E-state index in [-0.39, 0.29) is 11.9 Å². The number of pyridine rings is 1. The third-order valence-corrected chi connectivity index (χ3v) is 3.82. The topological polar surface area (TPSA) is 71.5 Å². The Morgan fingerprint density at radius 2 is 2.18 bits per heavy atom. The van der Waals surface area contributed by atoms with Crippen molar-refractivity contribution in [2.24, 2.45) is 0 Å². The quantitative estimate of drug-likeness (QED) is 0.900. The summed E-state index contributed by atoms with van der Waals surface area (Å²) in [4.78, 5) is 16.2. The lowest BCUT2D eigenvalue weighted by Crippen LogP contribution is -2.41. The largest absolute Gasteiger partial charge is 0.479 e. The molecule has 114 valence electrons. The van der Waals surface area contributed by atoms with Gasteiger partial charge < -0.3 is 15.2 Å². The van der Waals surface area contributed by atoms with E-state index in [1.54, 1.807) is 31.5 Å². The SMILES string of the molecule is CC(Oc1cccnc1)C(=O)N[C@H]1c2ccccc2C[C@H]1O. The molecule has 1 amide bonds. The van der Waals surface area contributed by atoms with E-state index >= 15 is 0 Å². The number of rotatable bonds is 4. The van der Waals surface area contributed by atoms with E-state index in [0.29, 0.717) is 12.2 Å². The first-order chi connectivity index (χ1) is 10.6. The van der Waals surface area contributed by atoms with E-state index in [2.05, 4.69) is 10.3 Å². The summed E-state index contributed by atoms with van der Waals surface area (Å²) in [6.45, 7) is 1.68. The number of carbonyl (C=O) groups excluding carboxylic acids is 1. The minimum Gasteiger partial charge on any atom is -0.479 e. The van der Waals surface area contributed by atoms with Crippen molar-refractivity contribution in [1.82, 2.24) is 10.3 Å². The minimum absolute atomic E-state index is 0.260. The molecule has 5 nitrogen and oxygen atoms in total. The second-order valence-corrected chi connectivity index (χ2v) is 5.41. The summed E-state index contributed by atoms with van der Waals surface area (Å²) in [5.74, 6) is 0.280. The van der Waals surface area contributed by atoms with Gasteiger partial charge in [0.1, 0.15) is 5.75 Å². The number of nitrogens with one attached hydrogen (secondary N) is 1. The molecular weight excluding hydrogens is 280 g/mol. The smallest absolute Gasteiger partial charge is 0.261 e. The zero-order valence-electron chi connectivity index (χ0n) is 12.3. The molecule has 1 aromatic heterocycles. The van der Waals surface area contributed by atoms with Gasteiger partial charge >= 0.3 is 0 Å². The fraction of sp³-hybridized carbons (Fsp3) is 0.294. The van der Waals surface area contributed by atoms with Gasteiger partial charge in [0, 0.05) is 12.6 Å². The molecule has 0 saturated carbocycles. The van der Waals surface area contributed by atoms with Crippen LogP contribution >= 0.6 is 0 Å². The van der Waals surface area contributed by atoms with Crippen molar-refractivity contribution in [2.45, 2.75) is 31.6 Å². The van der Waals surface area contributed by atoms with Gasteiger partial charge in [0.05, 0.1) is 18.3 Å². The van der Waals surface area contributed by atoms with E-state index in [1.165, 1.54) is 0 Å². The highest BCUT2D eigenvalue weighted by molar-refractivity contribution is 5.81. The summed E-state index contributed by atoms with van der Waals surface area (Å²) in [5, 5.41) is 13.0. The molecule has 1 unspecified atom stereocenters. The molecule has 22 heavy (non-hydrogen) atoms. The third-order valence-electron chi connectivity index (χ3n) is 3.82. The average Bonchev–Trinajstić information content (AvgIpc) is 2.84. The van der Waals surface area contributed by atoms with Crippen LogP contribution in [0.4, 0.5) is 0 Å². The average molecular weight is 298 g/mol. The number of aliphatic hydroxyl groups is 1. The highest BCUT2D eigenvalue weighted by atomic mass is 16.5. The van der Waals surface area contributed by atoms with E-state index in [9.17, 15) is 9.90 Å². The second-order valence-electron chi connectivity index (χ2n) is 5.41. The lowest BCUT2D eigenvalue weighted by molar-refractivity contribution is -0.128. The molecular formula is C17H18N2O3. The molecule has 2 N–H and O–H groups in total. The first-order valence-corrected chi connectivity index (χ1v) is 7.28. The van der Waals surface area contributed by atoms with Crippen molar-refractivity contribution in [2.75, 3.05) is 0 Å². The summed E-state index contributed by atoms with van der Waals surface area (Å²) in [7, 11) is 0. The van der Waals surface area contributed by atoms with Gasteiger partial charge in [0.2, 0.25) is 0 Å². The number of fused-ring (bicyclic) bond motifs is 1. The minimum atomic E-state index is -0.663. The van der Waals surface area contributed by atoms with E-state index < -0.39 is 12.2 Å². The van der Waals surface area contributed by atoms with Crippen molar-refractivity contribution >= 4 is 5.91 Å². The maximum Gasteiger partial charge on any atom is 0.261 e. The van der Waals surface area contributed by atoms with Crippen molar-refractivity contribution in [3.8, 4) is 5.75 Å². The number of aromatic nitrogens is 1. The van der Waals surface area contributed by atoms with Gasteiger partial charge in [-0.1, -0.05) is 24.3 Å². The van der Waals surface area contributed by atoms with E-state index in [0.717, 1.165) is 11.1 Å². The Morgan fingerprint density at radius 3 is 2.95 bits per heavy atom. The van der Waals surface area contributed by atoms with Gasteiger partial charge in [-0.25, -0.2) is 0 Å². The molecule has 0 spiro atoms. The zero-order chi connectivity index (χ0) is 15.5. The van der Waals surface area contributed by atoms with Crippen molar-refractivity contribution < 1.29 is 14.6 Å². The van der Waals surface area contributed by atoms with Crippen LogP contribution in [0, 0.1) is 0 Å². The molecule has 1 aromatic carbocycles. The summed E-state index contributed by atoms with van der Waals surface area (Å²) < 4.78 is 5.55. The van der Waals surface area contributed by atoms with Crippen LogP contribution in [0.3, 0.4) is 0 Å². The molecule has 0 saturated heterocycles. The van der Waals surface area contributed by atoms with Crippen LogP contribution in [-0.2, 0) is 11.2 Å². The molecule has 0 aliphatic heterocycles. The maximum absolute atomic E-state index is 12.3. The summed E-state index contributed by atoms with van der Waals surface area (Å²) >= 11 is 0. The second kappa shape index (κ2) is 6.15. The Morgan fingerprint density at radius 1 is 1.36 bits per heavy atom. The number of hydrogen-bond donors (Lipinski definition) is 2. The fourth-order valence-corrected chi connectivity index (χ4v) is 2.69. The fourth-order valence-electron chi connectivity index (χ4n) is 2.69. The number of benzene rings is 1. The molecule has 3 rings (SSSR count). The normalized spacial score (nSPS) is 21.0. The summed E-state index contributed by atoms with van der Waals surface area (Å²) in [6.07, 6.45) is 2.49. The third kappa shape index (κ3) is 2.94. The highest BCUT2D eigenvalue weighted by Crippen LogP contribution is 2.31. The van der Waals surface area contributed by atoms with Crippen molar-refractivity contribution in [3.63, 3.8) is 0 Å². The number of ether oxygens (including phenoxy) is 1. The molecule has 1 heterocycles. The van der Waals surface area contributed by atoms with Gasteiger partial charge in [-0.2, -0.15) is 0 Å². The standard InChI is InChI=1S/C17H18N2O3/c1-11(22-13-6-4-8-18-10-13)17(21)19-16-14-7-3-2-5-12(14)9-15(16)20/h2-8,10-11,15-16,20H,9H2,1H3,(H,19,21)/t11?,15-,16+/m1/s1. The number of hydrogen-bond acceptors (Lipinski definition) is 4. The number of nitrogens with zero attached hydrogens (tertiary/aromatic N) is 1. The first kappa shape index (κ1) is 14.5. The van der Waals surface area contributed by atoms with E-state index in [4.69, 9.17) is 4.74 Å². The Labute approximate surface area is 129 Å². The summed E-state index contributed by atoms with van der Waals surface area (Å²) in [6, 6.07) is 10.9. The molecule has 1 aliphatic carbocycles. The van der Waals surface area contributed by atoms with Gasteiger partial charge in [0.15, 0.2) is 6.10 Å². The Hall–Kier alpha value is -2.40. The van der Waals surface area contributed by atoms with Crippen LogP contribution in [0.15, 0.2) is 48.8 Å². The number of carbonyl (C=O) groups is 1. The lowest BCUT2D eigenvalue weighted by atomic mass is 10.1. The molecule has 5 heteroatoms. The van der Waals surface area contributed by atoms with Gasteiger partial charge in [-0.05, 0) is 30.2 Å². The molecule has 2 aromatic rings. The Bertz CT molecular complexity index is 660. The molecule has 0 bridgehead atoms.